The quantitative estimate of drug-likeness (QED) is 0.770. The number of aryl methyl sites for hydroxylation is 1. The first-order valence-corrected chi connectivity index (χ1v) is 10.4. The number of carbonyl (C=O) groups is 2. The van der Waals surface area contributed by atoms with Crippen LogP contribution in [0, 0.1) is 5.92 Å². The number of benzene rings is 1. The number of nitrogens with zero attached hydrogens (tertiary/aromatic N) is 5. The summed E-state index contributed by atoms with van der Waals surface area (Å²) in [5.74, 6) is 1.05. The molecule has 0 radical (unpaired) electrons. The summed E-state index contributed by atoms with van der Waals surface area (Å²) in [5, 5.41) is 0. The molecule has 2 amide bonds. The second kappa shape index (κ2) is 8.37. The lowest BCUT2D eigenvalue weighted by Crippen LogP contribution is -2.51. The Labute approximate surface area is 171 Å². The highest BCUT2D eigenvalue weighted by Gasteiger charge is 2.37. The summed E-state index contributed by atoms with van der Waals surface area (Å²) in [4.78, 5) is 35.7. The molecule has 1 aromatic heterocycles. The molecule has 2 saturated heterocycles. The molecule has 154 valence electrons. The van der Waals surface area contributed by atoms with Crippen LogP contribution in [0.2, 0.25) is 0 Å². The number of piperazine rings is 1. The van der Waals surface area contributed by atoms with Gasteiger partial charge in [-0.3, -0.25) is 14.5 Å². The Morgan fingerprint density at radius 1 is 1.17 bits per heavy atom. The molecule has 29 heavy (non-hydrogen) atoms. The molecule has 2 atom stereocenters. The molecule has 2 aliphatic rings. The van der Waals surface area contributed by atoms with E-state index < -0.39 is 0 Å². The van der Waals surface area contributed by atoms with E-state index in [-0.39, 0.29) is 23.8 Å². The van der Waals surface area contributed by atoms with Crippen molar-refractivity contribution in [2.24, 2.45) is 13.0 Å². The molecular weight excluding hydrogens is 366 g/mol. The average molecular weight is 396 g/mol. The summed E-state index contributed by atoms with van der Waals surface area (Å²) in [6.45, 7) is 6.15. The molecule has 7 heteroatoms. The van der Waals surface area contributed by atoms with Crippen molar-refractivity contribution >= 4 is 11.8 Å². The van der Waals surface area contributed by atoms with Gasteiger partial charge in [-0.15, -0.1) is 0 Å². The lowest BCUT2D eigenvalue weighted by atomic mass is 10.0. The highest BCUT2D eigenvalue weighted by Crippen LogP contribution is 2.29. The molecule has 0 N–H and O–H groups in total. The predicted octanol–water partition coefficient (Wildman–Crippen LogP) is 1.52. The van der Waals surface area contributed by atoms with Crippen LogP contribution in [0.1, 0.15) is 30.8 Å². The van der Waals surface area contributed by atoms with E-state index in [0.29, 0.717) is 32.6 Å². The number of likely N-dealkylation sites (tertiary alicyclic amines) is 1. The Hall–Kier alpha value is -2.67. The van der Waals surface area contributed by atoms with Crippen molar-refractivity contribution in [3.8, 4) is 0 Å². The zero-order valence-corrected chi connectivity index (χ0v) is 17.2. The fraction of sp³-hybridized carbons (Fsp3) is 0.500. The molecule has 0 saturated carbocycles. The minimum absolute atomic E-state index is 0.0668. The van der Waals surface area contributed by atoms with Crippen LogP contribution in [-0.2, 0) is 16.6 Å². The van der Waals surface area contributed by atoms with Gasteiger partial charge < -0.3 is 14.4 Å². The number of carbonyl (C=O) groups excluding carboxylic acids is 2. The van der Waals surface area contributed by atoms with E-state index in [1.165, 1.54) is 5.56 Å². The van der Waals surface area contributed by atoms with E-state index >= 15 is 0 Å². The molecule has 2 aliphatic heterocycles. The lowest BCUT2D eigenvalue weighted by Gasteiger charge is -2.39. The number of aromatic nitrogens is 2. The number of amides is 2. The van der Waals surface area contributed by atoms with Gasteiger partial charge in [0.15, 0.2) is 0 Å². The van der Waals surface area contributed by atoms with E-state index in [0.717, 1.165) is 18.9 Å². The van der Waals surface area contributed by atoms with E-state index in [2.05, 4.69) is 38.7 Å². The monoisotopic (exact) mass is 395 g/mol. The van der Waals surface area contributed by atoms with Crippen molar-refractivity contribution in [1.29, 1.82) is 0 Å². The van der Waals surface area contributed by atoms with Gasteiger partial charge in [-0.25, -0.2) is 4.98 Å². The number of hydrogen-bond donors (Lipinski definition) is 0. The molecule has 3 heterocycles. The van der Waals surface area contributed by atoms with Gasteiger partial charge in [0, 0.05) is 65.1 Å². The fourth-order valence-electron chi connectivity index (χ4n) is 4.50. The van der Waals surface area contributed by atoms with Gasteiger partial charge in [0.1, 0.15) is 5.82 Å². The van der Waals surface area contributed by atoms with Crippen molar-refractivity contribution in [2.75, 3.05) is 39.3 Å². The molecule has 0 unspecified atom stereocenters. The molecule has 2 aromatic rings. The smallest absolute Gasteiger partial charge is 0.228 e. The van der Waals surface area contributed by atoms with Crippen LogP contribution < -0.4 is 0 Å². The SMILES string of the molecule is CCN1C[C@@H](C(=O)N2CCN([C@@H](c3ccccc3)c3nccn3C)CC2)CC1=O. The third-order valence-corrected chi connectivity index (χ3v) is 6.15. The van der Waals surface area contributed by atoms with Crippen molar-refractivity contribution in [2.45, 2.75) is 19.4 Å². The summed E-state index contributed by atoms with van der Waals surface area (Å²) >= 11 is 0. The summed E-state index contributed by atoms with van der Waals surface area (Å²) in [6.07, 6.45) is 4.16. The highest BCUT2D eigenvalue weighted by molar-refractivity contribution is 5.89. The maximum Gasteiger partial charge on any atom is 0.228 e. The van der Waals surface area contributed by atoms with Gasteiger partial charge >= 0.3 is 0 Å². The second-order valence-electron chi connectivity index (χ2n) is 7.90. The molecule has 1 aromatic carbocycles. The van der Waals surface area contributed by atoms with Crippen LogP contribution in [0.25, 0.3) is 0 Å². The van der Waals surface area contributed by atoms with Gasteiger partial charge in [0.25, 0.3) is 0 Å². The molecule has 0 aliphatic carbocycles. The summed E-state index contributed by atoms with van der Waals surface area (Å²) in [6, 6.07) is 10.5. The third-order valence-electron chi connectivity index (χ3n) is 6.15. The summed E-state index contributed by atoms with van der Waals surface area (Å²) in [5.41, 5.74) is 1.21. The highest BCUT2D eigenvalue weighted by atomic mass is 16.2. The number of hydrogen-bond acceptors (Lipinski definition) is 4. The topological polar surface area (TPSA) is 61.7 Å². The fourth-order valence-corrected chi connectivity index (χ4v) is 4.50. The summed E-state index contributed by atoms with van der Waals surface area (Å²) in [7, 11) is 2.02. The third kappa shape index (κ3) is 3.92. The van der Waals surface area contributed by atoms with Crippen molar-refractivity contribution in [3.05, 3.63) is 54.1 Å². The van der Waals surface area contributed by atoms with Crippen LogP contribution in [0.3, 0.4) is 0 Å². The Bertz CT molecular complexity index is 857. The number of imidazole rings is 1. The summed E-state index contributed by atoms with van der Waals surface area (Å²) < 4.78 is 2.07. The Morgan fingerprint density at radius 3 is 2.48 bits per heavy atom. The van der Waals surface area contributed by atoms with Crippen LogP contribution in [0.15, 0.2) is 42.7 Å². The van der Waals surface area contributed by atoms with E-state index in [1.54, 1.807) is 4.90 Å². The Kier molecular flexibility index (Phi) is 5.67. The van der Waals surface area contributed by atoms with E-state index in [1.807, 2.05) is 37.3 Å². The van der Waals surface area contributed by atoms with Gasteiger partial charge in [-0.05, 0) is 12.5 Å². The lowest BCUT2D eigenvalue weighted by molar-refractivity contribution is -0.137. The standard InChI is InChI=1S/C22H29N5O2/c1-3-25-16-18(15-19(25)28)22(29)27-13-11-26(12-14-27)20(17-7-5-4-6-8-17)21-23-9-10-24(21)2/h4-10,18,20H,3,11-16H2,1-2H3/t18-,20-/m0/s1. The second-order valence-corrected chi connectivity index (χ2v) is 7.90. The van der Waals surface area contributed by atoms with Gasteiger partial charge in [-0.1, -0.05) is 30.3 Å². The van der Waals surface area contributed by atoms with E-state index in [4.69, 9.17) is 0 Å². The zero-order valence-electron chi connectivity index (χ0n) is 17.2. The minimum Gasteiger partial charge on any atom is -0.342 e. The van der Waals surface area contributed by atoms with Gasteiger partial charge in [-0.2, -0.15) is 0 Å². The zero-order chi connectivity index (χ0) is 20.4. The molecule has 0 bridgehead atoms. The molecule has 0 spiro atoms. The Morgan fingerprint density at radius 2 is 1.90 bits per heavy atom. The largest absolute Gasteiger partial charge is 0.342 e. The first-order valence-electron chi connectivity index (χ1n) is 10.4. The van der Waals surface area contributed by atoms with Crippen molar-refractivity contribution in [1.82, 2.24) is 24.3 Å². The van der Waals surface area contributed by atoms with Crippen LogP contribution in [-0.4, -0.2) is 75.3 Å². The normalized spacial score (nSPS) is 21.6. The Balaban J connectivity index is 1.45. The maximum absolute atomic E-state index is 12.9. The predicted molar refractivity (Wildman–Crippen MR) is 110 cm³/mol. The first-order chi connectivity index (χ1) is 14.1. The van der Waals surface area contributed by atoms with Crippen LogP contribution in [0.5, 0.6) is 0 Å². The number of rotatable bonds is 5. The molecule has 7 nitrogen and oxygen atoms in total. The average Bonchev–Trinajstić information content (AvgIpc) is 3.34. The molecule has 2 fully saturated rings. The maximum atomic E-state index is 12.9. The van der Waals surface area contributed by atoms with Crippen LogP contribution >= 0.6 is 0 Å². The van der Waals surface area contributed by atoms with E-state index in [9.17, 15) is 9.59 Å². The van der Waals surface area contributed by atoms with Gasteiger partial charge in [0.05, 0.1) is 12.0 Å². The molecule has 4 rings (SSSR count). The molecular formula is C22H29N5O2. The van der Waals surface area contributed by atoms with Crippen LogP contribution in [0.4, 0.5) is 0 Å². The first kappa shape index (κ1) is 19.6. The van der Waals surface area contributed by atoms with Crippen molar-refractivity contribution < 1.29 is 9.59 Å². The minimum atomic E-state index is -0.187. The van der Waals surface area contributed by atoms with Crippen molar-refractivity contribution in [3.63, 3.8) is 0 Å². The van der Waals surface area contributed by atoms with Gasteiger partial charge in [0.2, 0.25) is 11.8 Å².